The normalized spacial score (nSPS) is 16.1. The molecule has 6 nitrogen and oxygen atoms in total. The number of carbonyl (C=O) groups excluding carboxylic acids is 2. The number of hydrogen-bond donors (Lipinski definition) is 2. The van der Waals surface area contributed by atoms with Crippen molar-refractivity contribution in [3.8, 4) is 0 Å². The third-order valence-corrected chi connectivity index (χ3v) is 3.91. The third-order valence-electron chi connectivity index (χ3n) is 3.91. The van der Waals surface area contributed by atoms with Crippen molar-refractivity contribution in [2.24, 2.45) is 0 Å². The molecule has 0 bridgehead atoms. The van der Waals surface area contributed by atoms with E-state index in [2.05, 4.69) is 29.4 Å². The molecule has 1 aliphatic rings. The minimum absolute atomic E-state index is 0.0267. The van der Waals surface area contributed by atoms with E-state index in [1.54, 1.807) is 0 Å². The molecule has 0 aromatic heterocycles. The molecule has 0 radical (unpaired) electrons. The standard InChI is InChI=1S/C15H30N4O2/c1-4-7-16-14(20)12-18-8-10-19(11-9-18)15(21)17-13(5-2)6-3/h13H,4-12H2,1-3H3,(H,16,20)(H,17,21). The summed E-state index contributed by atoms with van der Waals surface area (Å²) in [6, 6.07) is 0.286. The summed E-state index contributed by atoms with van der Waals surface area (Å²) in [5.41, 5.74) is 0. The van der Waals surface area contributed by atoms with Gasteiger partial charge in [-0.1, -0.05) is 20.8 Å². The van der Waals surface area contributed by atoms with Crippen LogP contribution in [0.25, 0.3) is 0 Å². The van der Waals surface area contributed by atoms with Crippen molar-refractivity contribution in [3.63, 3.8) is 0 Å². The zero-order valence-electron chi connectivity index (χ0n) is 13.7. The second-order valence-electron chi connectivity index (χ2n) is 5.58. The van der Waals surface area contributed by atoms with Crippen molar-refractivity contribution in [2.75, 3.05) is 39.3 Å². The fourth-order valence-electron chi connectivity index (χ4n) is 2.39. The topological polar surface area (TPSA) is 64.7 Å². The zero-order valence-corrected chi connectivity index (χ0v) is 13.7. The van der Waals surface area contributed by atoms with E-state index < -0.39 is 0 Å². The van der Waals surface area contributed by atoms with Crippen molar-refractivity contribution in [1.29, 1.82) is 0 Å². The van der Waals surface area contributed by atoms with Crippen LogP contribution in [0.5, 0.6) is 0 Å². The first-order chi connectivity index (χ1) is 10.1. The Hall–Kier alpha value is -1.30. The lowest BCUT2D eigenvalue weighted by atomic mass is 10.2. The second kappa shape index (κ2) is 9.60. The van der Waals surface area contributed by atoms with Gasteiger partial charge in [0.15, 0.2) is 0 Å². The van der Waals surface area contributed by atoms with Crippen LogP contribution in [0.4, 0.5) is 4.79 Å². The van der Waals surface area contributed by atoms with E-state index in [0.29, 0.717) is 19.6 Å². The monoisotopic (exact) mass is 298 g/mol. The van der Waals surface area contributed by atoms with Crippen LogP contribution in [0, 0.1) is 0 Å². The number of nitrogens with one attached hydrogen (secondary N) is 2. The van der Waals surface area contributed by atoms with Gasteiger partial charge in [0.05, 0.1) is 6.54 Å². The highest BCUT2D eigenvalue weighted by Crippen LogP contribution is 2.04. The molecular formula is C15H30N4O2. The van der Waals surface area contributed by atoms with Crippen LogP contribution in [0.3, 0.4) is 0 Å². The maximum Gasteiger partial charge on any atom is 0.317 e. The average Bonchev–Trinajstić information content (AvgIpc) is 2.51. The molecule has 2 N–H and O–H groups in total. The Morgan fingerprint density at radius 2 is 1.67 bits per heavy atom. The molecule has 1 rings (SSSR count). The van der Waals surface area contributed by atoms with Gasteiger partial charge in [-0.15, -0.1) is 0 Å². The highest BCUT2D eigenvalue weighted by molar-refractivity contribution is 5.78. The second-order valence-corrected chi connectivity index (χ2v) is 5.58. The van der Waals surface area contributed by atoms with Crippen molar-refractivity contribution in [1.82, 2.24) is 20.4 Å². The van der Waals surface area contributed by atoms with Crippen molar-refractivity contribution < 1.29 is 9.59 Å². The van der Waals surface area contributed by atoms with Crippen LogP contribution in [0.15, 0.2) is 0 Å². The predicted octanol–water partition coefficient (Wildman–Crippen LogP) is 1.03. The third kappa shape index (κ3) is 6.33. The Bertz CT molecular complexity index is 324. The zero-order chi connectivity index (χ0) is 15.7. The Morgan fingerprint density at radius 1 is 1.05 bits per heavy atom. The summed E-state index contributed by atoms with van der Waals surface area (Å²) >= 11 is 0. The van der Waals surface area contributed by atoms with Gasteiger partial charge in [0.2, 0.25) is 5.91 Å². The molecule has 0 atom stereocenters. The molecule has 1 heterocycles. The molecule has 0 spiro atoms. The van der Waals surface area contributed by atoms with Crippen LogP contribution in [-0.2, 0) is 4.79 Å². The maximum absolute atomic E-state index is 12.1. The van der Waals surface area contributed by atoms with Crippen LogP contribution in [-0.4, -0.2) is 67.0 Å². The molecule has 0 unspecified atom stereocenters. The van der Waals surface area contributed by atoms with Crippen molar-refractivity contribution >= 4 is 11.9 Å². The molecule has 6 heteroatoms. The predicted molar refractivity (Wildman–Crippen MR) is 84.2 cm³/mol. The fourth-order valence-corrected chi connectivity index (χ4v) is 2.39. The van der Waals surface area contributed by atoms with Gasteiger partial charge in [-0.05, 0) is 19.3 Å². The fraction of sp³-hybridized carbons (Fsp3) is 0.867. The van der Waals surface area contributed by atoms with E-state index in [1.807, 2.05) is 11.8 Å². The Labute approximate surface area is 128 Å². The number of hydrogen-bond acceptors (Lipinski definition) is 3. The number of carbonyl (C=O) groups is 2. The summed E-state index contributed by atoms with van der Waals surface area (Å²) in [6.45, 7) is 10.3. The number of amides is 3. The lowest BCUT2D eigenvalue weighted by molar-refractivity contribution is -0.122. The SMILES string of the molecule is CCCNC(=O)CN1CCN(C(=O)NC(CC)CC)CC1. The van der Waals surface area contributed by atoms with Gasteiger partial charge in [-0.25, -0.2) is 4.79 Å². The van der Waals surface area contributed by atoms with Gasteiger partial charge in [0.25, 0.3) is 0 Å². The van der Waals surface area contributed by atoms with Crippen LogP contribution in [0.1, 0.15) is 40.0 Å². The van der Waals surface area contributed by atoms with Gasteiger partial charge >= 0.3 is 6.03 Å². The molecule has 21 heavy (non-hydrogen) atoms. The Morgan fingerprint density at radius 3 is 2.19 bits per heavy atom. The van der Waals surface area contributed by atoms with E-state index in [1.165, 1.54) is 0 Å². The van der Waals surface area contributed by atoms with Crippen LogP contribution in [0.2, 0.25) is 0 Å². The summed E-state index contributed by atoms with van der Waals surface area (Å²) in [5, 5.41) is 5.94. The number of urea groups is 1. The van der Waals surface area contributed by atoms with Crippen LogP contribution >= 0.6 is 0 Å². The van der Waals surface area contributed by atoms with Crippen LogP contribution < -0.4 is 10.6 Å². The summed E-state index contributed by atoms with van der Waals surface area (Å²) < 4.78 is 0. The van der Waals surface area contributed by atoms with E-state index in [-0.39, 0.29) is 18.0 Å². The minimum atomic E-state index is 0.0267. The first-order valence-electron chi connectivity index (χ1n) is 8.15. The number of rotatable bonds is 7. The summed E-state index contributed by atoms with van der Waals surface area (Å²) in [7, 11) is 0. The molecule has 122 valence electrons. The lowest BCUT2D eigenvalue weighted by Crippen LogP contribution is -2.54. The largest absolute Gasteiger partial charge is 0.355 e. The Kier molecular flexibility index (Phi) is 8.12. The minimum Gasteiger partial charge on any atom is -0.355 e. The summed E-state index contributed by atoms with van der Waals surface area (Å²) in [6.07, 6.45) is 2.87. The first kappa shape index (κ1) is 17.8. The molecule has 0 aromatic rings. The summed E-state index contributed by atoms with van der Waals surface area (Å²) in [5.74, 6) is 0.0757. The van der Waals surface area contributed by atoms with Gasteiger partial charge in [0, 0.05) is 38.8 Å². The Balaban J connectivity index is 2.28. The van der Waals surface area contributed by atoms with Crippen molar-refractivity contribution in [3.05, 3.63) is 0 Å². The smallest absolute Gasteiger partial charge is 0.317 e. The molecule has 1 aliphatic heterocycles. The quantitative estimate of drug-likeness (QED) is 0.738. The lowest BCUT2D eigenvalue weighted by Gasteiger charge is -2.35. The van der Waals surface area contributed by atoms with E-state index in [9.17, 15) is 9.59 Å². The van der Waals surface area contributed by atoms with Crippen molar-refractivity contribution in [2.45, 2.75) is 46.1 Å². The number of piperazine rings is 1. The number of nitrogens with zero attached hydrogens (tertiary/aromatic N) is 2. The van der Waals surface area contributed by atoms with Gasteiger partial charge in [0.1, 0.15) is 0 Å². The first-order valence-corrected chi connectivity index (χ1v) is 8.15. The van der Waals surface area contributed by atoms with E-state index in [0.717, 1.165) is 38.9 Å². The molecule has 3 amide bonds. The van der Waals surface area contributed by atoms with E-state index in [4.69, 9.17) is 0 Å². The molecule has 0 aliphatic carbocycles. The van der Waals surface area contributed by atoms with Gasteiger partial charge in [-0.3, -0.25) is 9.69 Å². The molecular weight excluding hydrogens is 268 g/mol. The highest BCUT2D eigenvalue weighted by atomic mass is 16.2. The average molecular weight is 298 g/mol. The summed E-state index contributed by atoms with van der Waals surface area (Å²) in [4.78, 5) is 27.7. The maximum atomic E-state index is 12.1. The van der Waals surface area contributed by atoms with Gasteiger partial charge < -0.3 is 15.5 Å². The molecule has 0 aromatic carbocycles. The molecule has 1 fully saturated rings. The van der Waals surface area contributed by atoms with Gasteiger partial charge in [-0.2, -0.15) is 0 Å². The molecule has 0 saturated carbocycles. The van der Waals surface area contributed by atoms with E-state index >= 15 is 0 Å². The highest BCUT2D eigenvalue weighted by Gasteiger charge is 2.23. The molecule has 1 saturated heterocycles.